The number of rotatable bonds is 12. The van der Waals surface area contributed by atoms with Gasteiger partial charge in [0.1, 0.15) is 18.3 Å². The summed E-state index contributed by atoms with van der Waals surface area (Å²) in [6.45, 7) is -0.691. The molecule has 0 bridgehead atoms. The Balaban J connectivity index is 1.31. The van der Waals surface area contributed by atoms with Crippen LogP contribution in [0.2, 0.25) is 0 Å². The predicted octanol–water partition coefficient (Wildman–Crippen LogP) is 3.28. The van der Waals surface area contributed by atoms with Crippen molar-refractivity contribution < 1.29 is 41.5 Å². The van der Waals surface area contributed by atoms with Crippen molar-refractivity contribution in [3.63, 3.8) is 0 Å². The van der Waals surface area contributed by atoms with Crippen LogP contribution in [0.4, 0.5) is 17.6 Å². The fourth-order valence-corrected chi connectivity index (χ4v) is 4.97. The number of para-hydroxylation sites is 1. The summed E-state index contributed by atoms with van der Waals surface area (Å²) in [6, 6.07) is 6.51. The lowest BCUT2D eigenvalue weighted by Gasteiger charge is -2.24. The number of halogens is 4. The van der Waals surface area contributed by atoms with Crippen LogP contribution in [-0.2, 0) is 14.4 Å². The van der Waals surface area contributed by atoms with E-state index in [0.717, 1.165) is 23.7 Å². The van der Waals surface area contributed by atoms with Crippen LogP contribution < -0.4 is 20.7 Å². The molecule has 3 amide bonds. The van der Waals surface area contributed by atoms with Gasteiger partial charge in [-0.25, -0.2) is 8.78 Å². The first-order valence-corrected chi connectivity index (χ1v) is 13.6. The number of aromatic amines is 1. The maximum absolute atomic E-state index is 14.1. The predicted molar refractivity (Wildman–Crippen MR) is 141 cm³/mol. The molecule has 2 fully saturated rings. The minimum absolute atomic E-state index is 0.00517. The maximum atomic E-state index is 14.1. The molecule has 4 N–H and O–H groups in total. The number of Topliss-reactive ketones (excluding diaryl/α,β-unsaturated/α-hetero) is 1. The molecule has 1 aliphatic carbocycles. The number of hydrogen-bond acceptors (Lipinski definition) is 5. The van der Waals surface area contributed by atoms with Gasteiger partial charge < -0.3 is 25.7 Å². The van der Waals surface area contributed by atoms with Crippen molar-refractivity contribution in [3.8, 4) is 5.75 Å². The second-order valence-corrected chi connectivity index (χ2v) is 10.6. The van der Waals surface area contributed by atoms with Crippen molar-refractivity contribution in [3.05, 3.63) is 65.4 Å². The van der Waals surface area contributed by atoms with E-state index in [-0.39, 0.29) is 30.0 Å². The molecule has 1 saturated carbocycles. The van der Waals surface area contributed by atoms with E-state index < -0.39 is 71.2 Å². The number of fused-ring (bicyclic) bond motifs is 1. The number of carbonyl (C=O) groups excluding carboxylic acids is 4. The lowest BCUT2D eigenvalue weighted by molar-refractivity contribution is -0.131. The smallest absolute Gasteiger partial charge is 0.268 e. The molecule has 9 nitrogen and oxygen atoms in total. The van der Waals surface area contributed by atoms with E-state index in [2.05, 4.69) is 20.9 Å². The van der Waals surface area contributed by atoms with E-state index in [1.807, 2.05) is 18.2 Å². The number of ether oxygens (including phenoxy) is 1. The van der Waals surface area contributed by atoms with Crippen LogP contribution in [0.15, 0.2) is 36.4 Å². The number of benzene rings is 2. The number of amides is 3. The molecule has 42 heavy (non-hydrogen) atoms. The molecule has 13 heteroatoms. The Morgan fingerprint density at radius 3 is 2.29 bits per heavy atom. The fraction of sp³-hybridized carbons (Fsp3) is 0.379. The van der Waals surface area contributed by atoms with Gasteiger partial charge in [-0.15, -0.1) is 0 Å². The zero-order chi connectivity index (χ0) is 30.0. The average molecular weight is 589 g/mol. The molecule has 2 aromatic carbocycles. The highest BCUT2D eigenvalue weighted by Gasteiger charge is 2.36. The van der Waals surface area contributed by atoms with Crippen LogP contribution in [0.1, 0.15) is 42.6 Å². The second kappa shape index (κ2) is 12.2. The van der Waals surface area contributed by atoms with Gasteiger partial charge in [0.25, 0.3) is 5.91 Å². The average Bonchev–Trinajstić information content (AvgIpc) is 3.52. The summed E-state index contributed by atoms with van der Waals surface area (Å²) in [5, 5.41) is 8.70. The lowest BCUT2D eigenvalue weighted by atomic mass is 9.95. The van der Waals surface area contributed by atoms with Crippen molar-refractivity contribution in [2.75, 3.05) is 13.2 Å². The zero-order valence-corrected chi connectivity index (χ0v) is 22.3. The molecule has 0 spiro atoms. The van der Waals surface area contributed by atoms with Crippen LogP contribution in [0.25, 0.3) is 10.9 Å². The normalized spacial score (nSPS) is 17.9. The molecule has 1 aromatic heterocycles. The number of hydrogen-bond donors (Lipinski definition) is 4. The van der Waals surface area contributed by atoms with E-state index >= 15 is 0 Å². The van der Waals surface area contributed by atoms with Crippen molar-refractivity contribution in [2.45, 2.75) is 44.2 Å². The van der Waals surface area contributed by atoms with E-state index in [0.29, 0.717) is 19.4 Å². The number of H-pyrrole nitrogens is 1. The van der Waals surface area contributed by atoms with Gasteiger partial charge >= 0.3 is 0 Å². The summed E-state index contributed by atoms with van der Waals surface area (Å²) in [5.41, 5.74) is 0.970. The van der Waals surface area contributed by atoms with E-state index in [1.54, 1.807) is 12.1 Å². The van der Waals surface area contributed by atoms with Crippen LogP contribution in [0.5, 0.6) is 5.75 Å². The Bertz CT molecular complexity index is 1480. The molecule has 2 heterocycles. The van der Waals surface area contributed by atoms with Crippen LogP contribution in [-0.4, -0.2) is 53.7 Å². The molecule has 1 saturated heterocycles. The zero-order valence-electron chi connectivity index (χ0n) is 22.3. The minimum atomic E-state index is -1.82. The third-order valence-electron chi connectivity index (χ3n) is 7.48. The SMILES string of the molecule is O=C(NC(CC1CC1)C(=O)NC(CC1CCNC1=O)C(=O)COc1c(F)c(F)cc(F)c1F)c1cc2ccccc2[nH]1. The van der Waals surface area contributed by atoms with Crippen molar-refractivity contribution >= 4 is 34.4 Å². The van der Waals surface area contributed by atoms with Crippen LogP contribution in [0, 0.1) is 35.1 Å². The molecule has 3 atom stereocenters. The first kappa shape index (κ1) is 29.1. The molecular weight excluding hydrogens is 560 g/mol. The maximum Gasteiger partial charge on any atom is 0.268 e. The Morgan fingerprint density at radius 1 is 0.929 bits per heavy atom. The van der Waals surface area contributed by atoms with Gasteiger partial charge in [0.15, 0.2) is 23.2 Å². The van der Waals surface area contributed by atoms with Gasteiger partial charge in [0, 0.05) is 29.4 Å². The lowest BCUT2D eigenvalue weighted by Crippen LogP contribution is -2.53. The second-order valence-electron chi connectivity index (χ2n) is 10.6. The number of nitrogens with one attached hydrogen (secondary N) is 4. The third kappa shape index (κ3) is 6.55. The highest BCUT2D eigenvalue weighted by Crippen LogP contribution is 2.34. The van der Waals surface area contributed by atoms with Crippen molar-refractivity contribution in [1.29, 1.82) is 0 Å². The third-order valence-corrected chi connectivity index (χ3v) is 7.48. The molecule has 3 unspecified atom stereocenters. The van der Waals surface area contributed by atoms with E-state index in [4.69, 9.17) is 4.74 Å². The molecule has 0 radical (unpaired) electrons. The Kier molecular flexibility index (Phi) is 8.46. The van der Waals surface area contributed by atoms with Gasteiger partial charge in [-0.1, -0.05) is 31.0 Å². The summed E-state index contributed by atoms with van der Waals surface area (Å²) >= 11 is 0. The standard InChI is InChI=1S/C29H28F4N4O5/c30-17-12-18(31)25(33)26(24(17)32)42-13-23(38)20(11-16-7-8-34-27(16)39)36-28(40)21(9-14-5-6-14)37-29(41)22-10-15-3-1-2-4-19(15)35-22/h1-4,10,12,14,16,20-21,35H,5-9,11,13H2,(H,34,39)(H,36,40)(H,37,41). The quantitative estimate of drug-likeness (QED) is 0.191. The fourth-order valence-electron chi connectivity index (χ4n) is 4.97. The summed E-state index contributed by atoms with van der Waals surface area (Å²) in [4.78, 5) is 54.9. The van der Waals surface area contributed by atoms with Crippen LogP contribution in [0.3, 0.4) is 0 Å². The molecular formula is C29H28F4N4O5. The first-order valence-electron chi connectivity index (χ1n) is 13.6. The number of aromatic nitrogens is 1. The highest BCUT2D eigenvalue weighted by atomic mass is 19.2. The molecule has 3 aromatic rings. The van der Waals surface area contributed by atoms with Gasteiger partial charge in [-0.2, -0.15) is 8.78 Å². The Labute approximate surface area is 237 Å². The van der Waals surface area contributed by atoms with Crippen LogP contribution >= 0.6 is 0 Å². The molecule has 222 valence electrons. The minimum Gasteiger partial charge on any atom is -0.479 e. The Hall–Kier alpha value is -4.42. The van der Waals surface area contributed by atoms with E-state index in [9.17, 15) is 36.7 Å². The summed E-state index contributed by atoms with van der Waals surface area (Å²) in [7, 11) is 0. The van der Waals surface area contributed by atoms with Gasteiger partial charge in [0.05, 0.1) is 6.04 Å². The number of carbonyl (C=O) groups is 4. The summed E-state index contributed by atoms with van der Waals surface area (Å²) in [6.07, 6.45) is 2.25. The monoisotopic (exact) mass is 588 g/mol. The summed E-state index contributed by atoms with van der Waals surface area (Å²) in [5.74, 6) is -11.4. The van der Waals surface area contributed by atoms with Gasteiger partial charge in [-0.3, -0.25) is 19.2 Å². The highest BCUT2D eigenvalue weighted by molar-refractivity contribution is 6.01. The topological polar surface area (TPSA) is 129 Å². The molecule has 1 aliphatic heterocycles. The first-order chi connectivity index (χ1) is 20.1. The van der Waals surface area contributed by atoms with Gasteiger partial charge in [0.2, 0.25) is 23.4 Å². The van der Waals surface area contributed by atoms with Gasteiger partial charge in [-0.05, 0) is 37.3 Å². The van der Waals surface area contributed by atoms with E-state index in [1.165, 1.54) is 0 Å². The number of ketones is 1. The summed E-state index contributed by atoms with van der Waals surface area (Å²) < 4.78 is 60.1. The molecule has 5 rings (SSSR count). The Morgan fingerprint density at radius 2 is 1.64 bits per heavy atom. The van der Waals surface area contributed by atoms with Crippen molar-refractivity contribution in [2.24, 2.45) is 11.8 Å². The largest absolute Gasteiger partial charge is 0.479 e. The van der Waals surface area contributed by atoms with Crippen molar-refractivity contribution in [1.82, 2.24) is 20.9 Å². The molecule has 2 aliphatic rings.